The molecule has 0 aromatic heterocycles. The van der Waals surface area contributed by atoms with Gasteiger partial charge in [-0.3, -0.25) is 0 Å². The van der Waals surface area contributed by atoms with Gasteiger partial charge in [-0.2, -0.15) is 0 Å². The second-order valence-corrected chi connectivity index (χ2v) is 7.13. The Bertz CT molecular complexity index is 977. The highest BCUT2D eigenvalue weighted by Gasteiger charge is 2.39. The Hall–Kier alpha value is -2.87. The molecule has 2 aliphatic rings. The lowest BCUT2D eigenvalue weighted by Crippen LogP contribution is -2.30. The van der Waals surface area contributed by atoms with Gasteiger partial charge in [0.2, 0.25) is 0 Å². The van der Waals surface area contributed by atoms with E-state index in [0.717, 1.165) is 17.7 Å². The van der Waals surface area contributed by atoms with E-state index >= 15 is 0 Å². The molecule has 3 aromatic rings. The van der Waals surface area contributed by atoms with Crippen LogP contribution in [0.5, 0.6) is 0 Å². The first-order chi connectivity index (χ1) is 12.8. The van der Waals surface area contributed by atoms with Crippen molar-refractivity contribution in [1.29, 1.82) is 0 Å². The van der Waals surface area contributed by atoms with Crippen molar-refractivity contribution in [3.8, 4) is 11.1 Å². The molecule has 26 heavy (non-hydrogen) atoms. The lowest BCUT2D eigenvalue weighted by Gasteiger charge is -2.38. The first kappa shape index (κ1) is 15.4. The van der Waals surface area contributed by atoms with Crippen LogP contribution >= 0.6 is 0 Å². The lowest BCUT2D eigenvalue weighted by molar-refractivity contribution is 0.413. The standard InChI is InChI=1S/C24H20FN/c25-22-15-5-4-10-21(22)24-20-14-7-12-18(20)19-13-6-11-17(23(19)26-24)16-8-2-1-3-9-16/h1-13,15,18,20,24,26H,14H2/t18-,20-,24-/m1/s1. The first-order valence-electron chi connectivity index (χ1n) is 9.19. The van der Waals surface area contributed by atoms with E-state index < -0.39 is 0 Å². The summed E-state index contributed by atoms with van der Waals surface area (Å²) < 4.78 is 14.6. The van der Waals surface area contributed by atoms with Gasteiger partial charge in [0.05, 0.1) is 6.04 Å². The van der Waals surface area contributed by atoms with Crippen LogP contribution in [0, 0.1) is 11.7 Å². The first-order valence-corrected chi connectivity index (χ1v) is 9.19. The van der Waals surface area contributed by atoms with Gasteiger partial charge in [-0.25, -0.2) is 4.39 Å². The molecule has 3 aromatic carbocycles. The van der Waals surface area contributed by atoms with Crippen LogP contribution in [0.2, 0.25) is 0 Å². The van der Waals surface area contributed by atoms with Crippen molar-refractivity contribution in [1.82, 2.24) is 0 Å². The summed E-state index contributed by atoms with van der Waals surface area (Å²) in [6.07, 6.45) is 5.52. The van der Waals surface area contributed by atoms with E-state index in [2.05, 4.69) is 59.9 Å². The van der Waals surface area contributed by atoms with E-state index in [9.17, 15) is 4.39 Å². The maximum atomic E-state index is 14.6. The fourth-order valence-electron chi connectivity index (χ4n) is 4.51. The number of hydrogen-bond acceptors (Lipinski definition) is 1. The Morgan fingerprint density at radius 1 is 0.808 bits per heavy atom. The van der Waals surface area contributed by atoms with E-state index in [4.69, 9.17) is 0 Å². The molecule has 0 saturated heterocycles. The van der Waals surface area contributed by atoms with Crippen LogP contribution in [0.3, 0.4) is 0 Å². The van der Waals surface area contributed by atoms with Crippen LogP contribution in [-0.4, -0.2) is 0 Å². The van der Waals surface area contributed by atoms with Crippen LogP contribution in [-0.2, 0) is 0 Å². The van der Waals surface area contributed by atoms with Gasteiger partial charge in [-0.1, -0.05) is 78.9 Å². The smallest absolute Gasteiger partial charge is 0.128 e. The Morgan fingerprint density at radius 2 is 1.58 bits per heavy atom. The van der Waals surface area contributed by atoms with E-state index in [0.29, 0.717) is 11.8 Å². The molecule has 5 rings (SSSR count). The second kappa shape index (κ2) is 6.14. The molecule has 2 heteroatoms. The number of allylic oxidation sites excluding steroid dienone is 2. The van der Waals surface area contributed by atoms with Crippen LogP contribution in [0.1, 0.15) is 29.5 Å². The minimum atomic E-state index is -0.128. The van der Waals surface area contributed by atoms with Gasteiger partial charge in [0.25, 0.3) is 0 Å². The zero-order valence-electron chi connectivity index (χ0n) is 14.4. The topological polar surface area (TPSA) is 12.0 Å². The molecule has 0 amide bonds. The molecule has 1 aliphatic heterocycles. The molecule has 1 N–H and O–H groups in total. The number of halogens is 1. The largest absolute Gasteiger partial charge is 0.377 e. The van der Waals surface area contributed by atoms with Gasteiger partial charge >= 0.3 is 0 Å². The summed E-state index contributed by atoms with van der Waals surface area (Å²) >= 11 is 0. The summed E-state index contributed by atoms with van der Waals surface area (Å²) in [4.78, 5) is 0. The minimum Gasteiger partial charge on any atom is -0.377 e. The molecule has 1 heterocycles. The third-order valence-electron chi connectivity index (χ3n) is 5.72. The molecule has 0 saturated carbocycles. The van der Waals surface area contributed by atoms with Crippen molar-refractivity contribution in [3.63, 3.8) is 0 Å². The highest BCUT2D eigenvalue weighted by molar-refractivity contribution is 5.82. The quantitative estimate of drug-likeness (QED) is 0.538. The van der Waals surface area contributed by atoms with Crippen molar-refractivity contribution in [2.24, 2.45) is 5.92 Å². The fourth-order valence-corrected chi connectivity index (χ4v) is 4.51. The molecule has 0 unspecified atom stereocenters. The highest BCUT2D eigenvalue weighted by Crippen LogP contribution is 2.52. The van der Waals surface area contributed by atoms with Gasteiger partial charge in [0.1, 0.15) is 5.82 Å². The van der Waals surface area contributed by atoms with E-state index in [1.54, 1.807) is 12.1 Å². The summed E-state index contributed by atoms with van der Waals surface area (Å²) in [6, 6.07) is 24.1. The summed E-state index contributed by atoms with van der Waals surface area (Å²) in [5, 5.41) is 3.71. The molecule has 0 bridgehead atoms. The zero-order valence-corrected chi connectivity index (χ0v) is 14.4. The molecule has 0 spiro atoms. The van der Waals surface area contributed by atoms with Crippen molar-refractivity contribution in [2.45, 2.75) is 18.4 Å². The normalized spacial score (nSPS) is 23.2. The average molecular weight is 341 g/mol. The summed E-state index contributed by atoms with van der Waals surface area (Å²) in [5.74, 6) is 0.557. The Labute approximate surface area is 153 Å². The van der Waals surface area contributed by atoms with Gasteiger partial charge in [0.15, 0.2) is 0 Å². The Kier molecular flexibility index (Phi) is 3.63. The lowest BCUT2D eigenvalue weighted by atomic mass is 9.76. The van der Waals surface area contributed by atoms with Crippen LogP contribution in [0.4, 0.5) is 10.1 Å². The number of hydrogen-bond donors (Lipinski definition) is 1. The van der Waals surface area contributed by atoms with E-state index in [1.807, 2.05) is 18.2 Å². The molecule has 128 valence electrons. The van der Waals surface area contributed by atoms with Gasteiger partial charge < -0.3 is 5.32 Å². The number of anilines is 1. The molecule has 1 aliphatic carbocycles. The second-order valence-electron chi connectivity index (χ2n) is 7.13. The number of rotatable bonds is 2. The predicted molar refractivity (Wildman–Crippen MR) is 105 cm³/mol. The third-order valence-corrected chi connectivity index (χ3v) is 5.72. The minimum absolute atomic E-state index is 0.0198. The molecule has 0 fully saturated rings. The van der Waals surface area contributed by atoms with Crippen molar-refractivity contribution < 1.29 is 4.39 Å². The van der Waals surface area contributed by atoms with Gasteiger partial charge in [-0.05, 0) is 29.5 Å². The molecular formula is C24H20FN. The van der Waals surface area contributed by atoms with Crippen molar-refractivity contribution >= 4 is 5.69 Å². The maximum Gasteiger partial charge on any atom is 0.128 e. The van der Waals surface area contributed by atoms with E-state index in [-0.39, 0.29) is 11.9 Å². The predicted octanol–water partition coefficient (Wildman–Crippen LogP) is 6.32. The van der Waals surface area contributed by atoms with Crippen LogP contribution in [0.25, 0.3) is 11.1 Å². The van der Waals surface area contributed by atoms with Gasteiger partial charge in [0, 0.05) is 22.7 Å². The van der Waals surface area contributed by atoms with Crippen LogP contribution in [0.15, 0.2) is 84.9 Å². The van der Waals surface area contributed by atoms with Crippen molar-refractivity contribution in [2.75, 3.05) is 5.32 Å². The summed E-state index contributed by atoms with van der Waals surface area (Å²) in [6.45, 7) is 0. The summed E-state index contributed by atoms with van der Waals surface area (Å²) in [5.41, 5.74) is 5.59. The van der Waals surface area contributed by atoms with Crippen molar-refractivity contribution in [3.05, 3.63) is 102 Å². The van der Waals surface area contributed by atoms with E-state index in [1.165, 1.54) is 16.7 Å². The Balaban J connectivity index is 1.68. The zero-order chi connectivity index (χ0) is 17.5. The molecular weight excluding hydrogens is 321 g/mol. The SMILES string of the molecule is Fc1ccccc1[C@@H]1Nc2c(-c3ccccc3)cccc2[C@H]2C=CC[C@H]21. The monoisotopic (exact) mass is 341 g/mol. The number of fused-ring (bicyclic) bond motifs is 3. The molecule has 0 radical (unpaired) electrons. The number of nitrogens with one attached hydrogen (secondary N) is 1. The fraction of sp³-hybridized carbons (Fsp3) is 0.167. The molecule has 3 atom stereocenters. The third kappa shape index (κ3) is 2.37. The summed E-state index contributed by atoms with van der Waals surface area (Å²) in [7, 11) is 0. The highest BCUT2D eigenvalue weighted by atomic mass is 19.1. The Morgan fingerprint density at radius 3 is 2.42 bits per heavy atom. The average Bonchev–Trinajstić information content (AvgIpc) is 3.18. The number of benzene rings is 3. The van der Waals surface area contributed by atoms with Gasteiger partial charge in [-0.15, -0.1) is 0 Å². The molecule has 1 nitrogen and oxygen atoms in total. The maximum absolute atomic E-state index is 14.6. The van der Waals surface area contributed by atoms with Crippen LogP contribution < -0.4 is 5.32 Å². The number of para-hydroxylation sites is 1.